The largest absolute Gasteiger partial charge is 0.450 e. The monoisotopic (exact) mass is 560 g/mol. The lowest BCUT2D eigenvalue weighted by molar-refractivity contribution is -0.138. The summed E-state index contributed by atoms with van der Waals surface area (Å²) in [5.41, 5.74) is -0.344. The van der Waals surface area contributed by atoms with Crippen molar-refractivity contribution >= 4 is 35.8 Å². The highest BCUT2D eigenvalue weighted by Gasteiger charge is 2.42. The summed E-state index contributed by atoms with van der Waals surface area (Å²) in [6.45, 7) is 7.65. The summed E-state index contributed by atoms with van der Waals surface area (Å²) in [5, 5.41) is 5.79. The number of nitrogens with zero attached hydrogens (tertiary/aromatic N) is 2. The second-order valence-corrected chi connectivity index (χ2v) is 11.8. The topological polar surface area (TPSA) is 151 Å². The second kappa shape index (κ2) is 13.6. The molecule has 2 N–H and O–H groups in total. The second-order valence-electron chi connectivity index (χ2n) is 11.8. The molecule has 1 saturated carbocycles. The molecular formula is C28H40N4O8. The van der Waals surface area contributed by atoms with Gasteiger partial charge in [0.1, 0.15) is 0 Å². The normalized spacial score (nSPS) is 23.6. The van der Waals surface area contributed by atoms with Crippen LogP contribution in [0.3, 0.4) is 0 Å². The number of imide groups is 2. The fraction of sp³-hybridized carbons (Fsp3) is 0.643. The predicted molar refractivity (Wildman–Crippen MR) is 144 cm³/mol. The zero-order valence-electron chi connectivity index (χ0n) is 23.5. The molecule has 2 heterocycles. The Bertz CT molecular complexity index is 1030. The van der Waals surface area contributed by atoms with Gasteiger partial charge in [0.2, 0.25) is 0 Å². The van der Waals surface area contributed by atoms with Crippen LogP contribution < -0.4 is 10.6 Å². The van der Waals surface area contributed by atoms with Crippen molar-refractivity contribution in [1.82, 2.24) is 20.4 Å². The van der Waals surface area contributed by atoms with Crippen LogP contribution in [0.15, 0.2) is 24.3 Å². The number of nitrogens with one attached hydrogen (secondary N) is 2. The Hall–Kier alpha value is -3.70. The molecule has 2 unspecified atom stereocenters. The van der Waals surface area contributed by atoms with Crippen molar-refractivity contribution in [3.63, 3.8) is 0 Å². The molecule has 0 bridgehead atoms. The number of rotatable bonds is 13. The van der Waals surface area contributed by atoms with Gasteiger partial charge < -0.3 is 20.1 Å². The third-order valence-electron chi connectivity index (χ3n) is 7.24. The first-order valence-electron chi connectivity index (χ1n) is 13.8. The molecule has 12 heteroatoms. The fourth-order valence-corrected chi connectivity index (χ4v) is 5.79. The lowest BCUT2D eigenvalue weighted by Crippen LogP contribution is -2.50. The van der Waals surface area contributed by atoms with Crippen molar-refractivity contribution < 1.29 is 38.2 Å². The number of amides is 6. The van der Waals surface area contributed by atoms with E-state index in [1.807, 2.05) is 0 Å². The predicted octanol–water partition coefficient (Wildman–Crippen LogP) is 2.43. The molecule has 2 aliphatic heterocycles. The van der Waals surface area contributed by atoms with Gasteiger partial charge in [0.15, 0.2) is 0 Å². The Kier molecular flexibility index (Phi) is 10.5. The molecule has 3 aliphatic rings. The van der Waals surface area contributed by atoms with E-state index in [1.165, 1.54) is 24.3 Å². The highest BCUT2D eigenvalue weighted by Crippen LogP contribution is 2.45. The average Bonchev–Trinajstić information content (AvgIpc) is 3.35. The van der Waals surface area contributed by atoms with Gasteiger partial charge in [-0.25, -0.2) is 9.59 Å². The zero-order chi connectivity index (χ0) is 29.3. The van der Waals surface area contributed by atoms with Crippen molar-refractivity contribution in [3.8, 4) is 0 Å². The third kappa shape index (κ3) is 9.20. The first-order chi connectivity index (χ1) is 18.9. The van der Waals surface area contributed by atoms with Crippen LogP contribution in [0.2, 0.25) is 0 Å². The van der Waals surface area contributed by atoms with Gasteiger partial charge in [-0.05, 0) is 55.8 Å². The maximum Gasteiger partial charge on any atom is 0.407 e. The molecule has 0 aromatic heterocycles. The summed E-state index contributed by atoms with van der Waals surface area (Å²) in [4.78, 5) is 73.2. The van der Waals surface area contributed by atoms with Gasteiger partial charge in [-0.2, -0.15) is 0 Å². The molecule has 1 aliphatic carbocycles. The van der Waals surface area contributed by atoms with Crippen molar-refractivity contribution in [2.75, 3.05) is 32.8 Å². The van der Waals surface area contributed by atoms with E-state index in [1.54, 1.807) is 0 Å². The van der Waals surface area contributed by atoms with E-state index in [-0.39, 0.29) is 60.3 Å². The van der Waals surface area contributed by atoms with Crippen molar-refractivity contribution in [2.24, 2.45) is 10.8 Å². The minimum atomic E-state index is -0.531. The summed E-state index contributed by atoms with van der Waals surface area (Å²) in [6, 6.07) is -0.129. The van der Waals surface area contributed by atoms with E-state index >= 15 is 0 Å². The van der Waals surface area contributed by atoms with Crippen LogP contribution in [0.1, 0.15) is 65.7 Å². The zero-order valence-corrected chi connectivity index (χ0v) is 23.5. The van der Waals surface area contributed by atoms with Gasteiger partial charge >= 0.3 is 12.2 Å². The highest BCUT2D eigenvalue weighted by molar-refractivity contribution is 6.13. The summed E-state index contributed by atoms with van der Waals surface area (Å²) in [5.74, 6) is -1.29. The fourth-order valence-electron chi connectivity index (χ4n) is 5.79. The number of unbranched alkanes of at least 4 members (excludes halogenated alkanes) is 2. The molecule has 0 spiro atoms. The van der Waals surface area contributed by atoms with Crippen LogP contribution in [-0.2, 0) is 28.7 Å². The first-order valence-corrected chi connectivity index (χ1v) is 13.8. The molecule has 0 aromatic carbocycles. The maximum absolute atomic E-state index is 12.4. The number of ether oxygens (including phenoxy) is 2. The van der Waals surface area contributed by atoms with Gasteiger partial charge in [-0.3, -0.25) is 29.0 Å². The lowest BCUT2D eigenvalue weighted by Gasteiger charge is -2.46. The molecule has 3 rings (SSSR count). The Labute approximate surface area is 234 Å². The SMILES string of the molecule is CC1(C)CC(NC(=O)OCCCCN2C(=O)C=CC2=O)CC(C)(CNC(=O)OCCCCN2C(=O)C=CC2=O)C1. The average molecular weight is 561 g/mol. The minimum absolute atomic E-state index is 0.0708. The Morgan fingerprint density at radius 2 is 1.25 bits per heavy atom. The Morgan fingerprint density at radius 3 is 1.75 bits per heavy atom. The third-order valence-corrected chi connectivity index (χ3v) is 7.24. The molecular weight excluding hydrogens is 520 g/mol. The highest BCUT2D eigenvalue weighted by atomic mass is 16.6. The molecule has 40 heavy (non-hydrogen) atoms. The Morgan fingerprint density at radius 1 is 0.775 bits per heavy atom. The molecule has 12 nitrogen and oxygen atoms in total. The molecule has 0 saturated heterocycles. The van der Waals surface area contributed by atoms with E-state index < -0.39 is 12.2 Å². The molecule has 220 valence electrons. The van der Waals surface area contributed by atoms with Crippen LogP contribution in [0, 0.1) is 10.8 Å². The van der Waals surface area contributed by atoms with Crippen LogP contribution in [-0.4, -0.2) is 84.5 Å². The lowest BCUT2D eigenvalue weighted by atomic mass is 9.62. The van der Waals surface area contributed by atoms with E-state index in [0.717, 1.165) is 22.6 Å². The molecule has 2 atom stereocenters. The molecule has 6 amide bonds. The van der Waals surface area contributed by atoms with Gasteiger partial charge in [-0.15, -0.1) is 0 Å². The van der Waals surface area contributed by atoms with Gasteiger partial charge in [0.05, 0.1) is 13.2 Å². The first kappa shape index (κ1) is 30.8. The summed E-state index contributed by atoms with van der Waals surface area (Å²) in [6.07, 6.45) is 8.34. The Balaban J connectivity index is 1.32. The molecule has 1 fully saturated rings. The van der Waals surface area contributed by atoms with Crippen LogP contribution in [0.5, 0.6) is 0 Å². The number of carbonyl (C=O) groups excluding carboxylic acids is 6. The summed E-state index contributed by atoms with van der Waals surface area (Å²) >= 11 is 0. The molecule has 0 aromatic rings. The van der Waals surface area contributed by atoms with E-state index in [0.29, 0.717) is 45.2 Å². The van der Waals surface area contributed by atoms with Crippen molar-refractivity contribution in [3.05, 3.63) is 24.3 Å². The van der Waals surface area contributed by atoms with Crippen LogP contribution in [0.4, 0.5) is 9.59 Å². The number of hydrogen-bond acceptors (Lipinski definition) is 8. The number of hydrogen-bond donors (Lipinski definition) is 2. The van der Waals surface area contributed by atoms with E-state index in [4.69, 9.17) is 9.47 Å². The van der Waals surface area contributed by atoms with E-state index in [2.05, 4.69) is 31.4 Å². The number of carbonyl (C=O) groups is 6. The van der Waals surface area contributed by atoms with Gasteiger partial charge in [0, 0.05) is 50.0 Å². The minimum Gasteiger partial charge on any atom is -0.450 e. The number of alkyl carbamates (subject to hydrolysis) is 2. The maximum atomic E-state index is 12.4. The van der Waals surface area contributed by atoms with Crippen molar-refractivity contribution in [2.45, 2.75) is 71.8 Å². The quantitative estimate of drug-likeness (QED) is 0.257. The van der Waals surface area contributed by atoms with Crippen molar-refractivity contribution in [1.29, 1.82) is 0 Å². The molecule has 0 radical (unpaired) electrons. The summed E-state index contributed by atoms with van der Waals surface area (Å²) < 4.78 is 10.6. The van der Waals surface area contributed by atoms with Crippen LogP contribution in [0.25, 0.3) is 0 Å². The van der Waals surface area contributed by atoms with E-state index in [9.17, 15) is 28.8 Å². The van der Waals surface area contributed by atoms with Gasteiger partial charge in [-0.1, -0.05) is 20.8 Å². The summed E-state index contributed by atoms with van der Waals surface area (Å²) in [7, 11) is 0. The van der Waals surface area contributed by atoms with Crippen LogP contribution >= 0.6 is 0 Å². The smallest absolute Gasteiger partial charge is 0.407 e. The van der Waals surface area contributed by atoms with Gasteiger partial charge in [0.25, 0.3) is 23.6 Å². The standard InChI is InChI=1S/C28H40N4O8/c1-27(2)16-20(30-26(38)40-15-7-5-13-32-23(35)10-11-24(32)36)17-28(3,18-27)19-29-25(37)39-14-6-4-12-31-21(33)8-9-22(31)34/h8-11,20H,4-7,12-19H2,1-3H3,(H,29,37)(H,30,38).